The Labute approximate surface area is 92.8 Å². The lowest BCUT2D eigenvalue weighted by Gasteiger charge is -2.12. The predicted octanol–water partition coefficient (Wildman–Crippen LogP) is -2.07. The van der Waals surface area contributed by atoms with Crippen LogP contribution < -0.4 is 10.6 Å². The van der Waals surface area contributed by atoms with Crippen molar-refractivity contribution in [2.75, 3.05) is 20.2 Å². The fraction of sp³-hybridized carbons (Fsp3) is 0.778. The van der Waals surface area contributed by atoms with Crippen LogP contribution in [0.3, 0.4) is 0 Å². The molecule has 0 saturated carbocycles. The van der Waals surface area contributed by atoms with Crippen molar-refractivity contribution in [3.8, 4) is 0 Å². The molecule has 4 N–H and O–H groups in total. The first-order valence-electron chi connectivity index (χ1n) is 4.99. The summed E-state index contributed by atoms with van der Waals surface area (Å²) in [5, 5.41) is 22.7. The molecule has 0 bridgehead atoms. The largest absolute Gasteiger partial charge is 0.479 e. The van der Waals surface area contributed by atoms with E-state index in [0.29, 0.717) is 13.0 Å². The normalized spacial score (nSPS) is 26.4. The van der Waals surface area contributed by atoms with E-state index in [1.165, 1.54) is 0 Å². The molecule has 1 heterocycles. The standard InChI is InChI=1S/C9H16N2O5/c1-16-5-2-6(10-3-5)8(13)11-4-7(12)9(14)15/h5-7,10,12H,2-4H2,1H3,(H,11,13)(H,14,15)/t5?,6?,7-/m0/s1. The molecule has 0 aromatic heterocycles. The number of carboxylic acid groups (broad SMARTS) is 1. The quantitative estimate of drug-likeness (QED) is 0.433. The first kappa shape index (κ1) is 12.9. The first-order chi connectivity index (χ1) is 7.54. The molecule has 0 spiro atoms. The van der Waals surface area contributed by atoms with Gasteiger partial charge in [-0.3, -0.25) is 4.79 Å². The van der Waals surface area contributed by atoms with Crippen molar-refractivity contribution >= 4 is 11.9 Å². The third kappa shape index (κ3) is 3.44. The van der Waals surface area contributed by atoms with Gasteiger partial charge in [-0.1, -0.05) is 0 Å². The zero-order valence-corrected chi connectivity index (χ0v) is 8.97. The van der Waals surface area contributed by atoms with Crippen molar-refractivity contribution in [3.63, 3.8) is 0 Å². The molecule has 1 rings (SSSR count). The third-order valence-electron chi connectivity index (χ3n) is 2.50. The molecule has 0 aliphatic carbocycles. The highest BCUT2D eigenvalue weighted by Gasteiger charge is 2.29. The van der Waals surface area contributed by atoms with Gasteiger partial charge in [-0.2, -0.15) is 0 Å². The Morgan fingerprint density at radius 2 is 2.31 bits per heavy atom. The predicted molar refractivity (Wildman–Crippen MR) is 53.9 cm³/mol. The molecule has 1 amide bonds. The van der Waals surface area contributed by atoms with Gasteiger partial charge in [-0.05, 0) is 6.42 Å². The summed E-state index contributed by atoms with van der Waals surface area (Å²) in [5.41, 5.74) is 0. The summed E-state index contributed by atoms with van der Waals surface area (Å²) in [5.74, 6) is -1.67. The van der Waals surface area contributed by atoms with E-state index in [2.05, 4.69) is 10.6 Å². The van der Waals surface area contributed by atoms with Gasteiger partial charge in [0.05, 0.1) is 18.7 Å². The van der Waals surface area contributed by atoms with Crippen molar-refractivity contribution in [1.29, 1.82) is 0 Å². The van der Waals surface area contributed by atoms with E-state index in [0.717, 1.165) is 0 Å². The van der Waals surface area contributed by atoms with Crippen LogP contribution in [0.4, 0.5) is 0 Å². The van der Waals surface area contributed by atoms with Crippen LogP contribution in [0.25, 0.3) is 0 Å². The Balaban J connectivity index is 2.28. The van der Waals surface area contributed by atoms with Gasteiger partial charge in [0.2, 0.25) is 5.91 Å². The van der Waals surface area contributed by atoms with E-state index in [-0.39, 0.29) is 24.6 Å². The molecule has 2 unspecified atom stereocenters. The number of nitrogens with one attached hydrogen (secondary N) is 2. The lowest BCUT2D eigenvalue weighted by Crippen LogP contribution is -2.44. The Hall–Kier alpha value is -1.18. The minimum atomic E-state index is -1.57. The second kappa shape index (κ2) is 5.78. The molecule has 16 heavy (non-hydrogen) atoms. The van der Waals surface area contributed by atoms with Gasteiger partial charge in [0.15, 0.2) is 6.10 Å². The fourth-order valence-electron chi connectivity index (χ4n) is 1.49. The molecule has 1 aliphatic rings. The molecule has 92 valence electrons. The molecule has 7 nitrogen and oxygen atoms in total. The van der Waals surface area contributed by atoms with E-state index < -0.39 is 12.1 Å². The monoisotopic (exact) mass is 232 g/mol. The lowest BCUT2D eigenvalue weighted by atomic mass is 10.2. The second-order valence-electron chi connectivity index (χ2n) is 3.65. The minimum absolute atomic E-state index is 0.000136. The van der Waals surface area contributed by atoms with Gasteiger partial charge in [-0.25, -0.2) is 4.79 Å². The summed E-state index contributed by atoms with van der Waals surface area (Å²) in [6, 6.07) is -0.383. The number of aliphatic hydroxyl groups is 1. The highest BCUT2D eigenvalue weighted by molar-refractivity contribution is 5.83. The summed E-state index contributed by atoms with van der Waals surface area (Å²) in [6.07, 6.45) is -1.02. The Morgan fingerprint density at radius 3 is 2.81 bits per heavy atom. The van der Waals surface area contributed by atoms with E-state index in [9.17, 15) is 9.59 Å². The van der Waals surface area contributed by atoms with Crippen LogP contribution in [0.2, 0.25) is 0 Å². The number of carbonyl (C=O) groups excluding carboxylic acids is 1. The summed E-state index contributed by atoms with van der Waals surface area (Å²) in [6.45, 7) is 0.306. The Kier molecular flexibility index (Phi) is 4.66. The SMILES string of the molecule is COC1CNC(C(=O)NC[C@H](O)C(=O)O)C1. The molecule has 1 saturated heterocycles. The molecular formula is C9H16N2O5. The maximum Gasteiger partial charge on any atom is 0.334 e. The summed E-state index contributed by atoms with van der Waals surface area (Å²) in [7, 11) is 1.57. The number of hydrogen-bond acceptors (Lipinski definition) is 5. The van der Waals surface area contributed by atoms with Crippen molar-refractivity contribution in [2.24, 2.45) is 0 Å². The van der Waals surface area contributed by atoms with Crippen LogP contribution in [0.5, 0.6) is 0 Å². The number of carbonyl (C=O) groups is 2. The van der Waals surface area contributed by atoms with E-state index in [1.807, 2.05) is 0 Å². The smallest absolute Gasteiger partial charge is 0.334 e. The number of amides is 1. The first-order valence-corrected chi connectivity index (χ1v) is 4.99. The minimum Gasteiger partial charge on any atom is -0.479 e. The number of aliphatic hydroxyl groups excluding tert-OH is 1. The fourth-order valence-corrected chi connectivity index (χ4v) is 1.49. The zero-order chi connectivity index (χ0) is 12.1. The number of aliphatic carboxylic acids is 1. The summed E-state index contributed by atoms with van der Waals surface area (Å²) in [4.78, 5) is 21.8. The van der Waals surface area contributed by atoms with Gasteiger partial charge in [0.25, 0.3) is 0 Å². The molecule has 1 fully saturated rings. The average molecular weight is 232 g/mol. The van der Waals surface area contributed by atoms with Gasteiger partial charge in [-0.15, -0.1) is 0 Å². The van der Waals surface area contributed by atoms with Crippen molar-refractivity contribution in [1.82, 2.24) is 10.6 Å². The van der Waals surface area contributed by atoms with Crippen molar-refractivity contribution in [2.45, 2.75) is 24.7 Å². The topological polar surface area (TPSA) is 108 Å². The molecule has 1 aliphatic heterocycles. The molecule has 0 radical (unpaired) electrons. The highest BCUT2D eigenvalue weighted by Crippen LogP contribution is 2.09. The van der Waals surface area contributed by atoms with Crippen LogP contribution in [-0.4, -0.2) is 60.5 Å². The van der Waals surface area contributed by atoms with E-state index in [1.54, 1.807) is 7.11 Å². The van der Waals surface area contributed by atoms with Crippen molar-refractivity contribution in [3.05, 3.63) is 0 Å². The van der Waals surface area contributed by atoms with Crippen molar-refractivity contribution < 1.29 is 24.5 Å². The van der Waals surface area contributed by atoms with Crippen LogP contribution in [0, 0.1) is 0 Å². The summed E-state index contributed by atoms with van der Waals surface area (Å²) >= 11 is 0. The zero-order valence-electron chi connectivity index (χ0n) is 8.97. The van der Waals surface area contributed by atoms with Gasteiger partial charge >= 0.3 is 5.97 Å². The Morgan fingerprint density at radius 1 is 1.62 bits per heavy atom. The number of rotatable bonds is 5. The number of hydrogen-bond donors (Lipinski definition) is 4. The maximum absolute atomic E-state index is 11.5. The number of methoxy groups -OCH3 is 1. The average Bonchev–Trinajstić information content (AvgIpc) is 2.73. The molecular weight excluding hydrogens is 216 g/mol. The maximum atomic E-state index is 11.5. The second-order valence-corrected chi connectivity index (χ2v) is 3.65. The Bertz CT molecular complexity index is 271. The molecule has 3 atom stereocenters. The number of carboxylic acids is 1. The van der Waals surface area contributed by atoms with Crippen LogP contribution >= 0.6 is 0 Å². The van der Waals surface area contributed by atoms with Crippen LogP contribution in [0.15, 0.2) is 0 Å². The van der Waals surface area contributed by atoms with E-state index in [4.69, 9.17) is 14.9 Å². The third-order valence-corrected chi connectivity index (χ3v) is 2.50. The van der Waals surface area contributed by atoms with Gasteiger partial charge < -0.3 is 25.6 Å². The van der Waals surface area contributed by atoms with Gasteiger partial charge in [0.1, 0.15) is 0 Å². The van der Waals surface area contributed by atoms with Crippen LogP contribution in [-0.2, 0) is 14.3 Å². The molecule has 0 aromatic carbocycles. The molecule has 0 aromatic rings. The lowest BCUT2D eigenvalue weighted by molar-refractivity contribution is -0.146. The molecule has 7 heteroatoms. The van der Waals surface area contributed by atoms with Crippen LogP contribution in [0.1, 0.15) is 6.42 Å². The van der Waals surface area contributed by atoms with E-state index >= 15 is 0 Å². The van der Waals surface area contributed by atoms with Gasteiger partial charge in [0, 0.05) is 13.7 Å². The number of ether oxygens (including phenoxy) is 1. The highest BCUT2D eigenvalue weighted by atomic mass is 16.5. The summed E-state index contributed by atoms with van der Waals surface area (Å²) < 4.78 is 5.07.